The number of methoxy groups -OCH3 is 1. The van der Waals surface area contributed by atoms with Crippen LogP contribution in [0, 0.1) is 0 Å². The van der Waals surface area contributed by atoms with Gasteiger partial charge in [0.15, 0.2) is 5.52 Å². The number of aromatic nitrogens is 3. The van der Waals surface area contributed by atoms with Crippen LogP contribution in [0.3, 0.4) is 0 Å². The van der Waals surface area contributed by atoms with E-state index in [9.17, 15) is 14.7 Å². The van der Waals surface area contributed by atoms with Gasteiger partial charge in [0.2, 0.25) is 0 Å². The van der Waals surface area contributed by atoms with E-state index in [0.29, 0.717) is 28.4 Å². The zero-order chi connectivity index (χ0) is 16.8. The minimum Gasteiger partial charge on any atom is -0.508 e. The highest BCUT2D eigenvalue weighted by Gasteiger charge is 2.28. The average Bonchev–Trinajstić information content (AvgIpc) is 3.39. The molecule has 0 unspecified atom stereocenters. The molecule has 0 saturated heterocycles. The summed E-state index contributed by atoms with van der Waals surface area (Å²) in [4.78, 5) is 33.1. The molecule has 0 radical (unpaired) electrons. The van der Waals surface area contributed by atoms with Crippen molar-refractivity contribution in [2.24, 2.45) is 0 Å². The van der Waals surface area contributed by atoms with Crippen LogP contribution in [-0.4, -0.2) is 27.2 Å². The fraction of sp³-hybridized carbons (Fsp3) is 0.235. The number of hydrogen-bond acceptors (Lipinski definition) is 5. The molecule has 0 spiro atoms. The van der Waals surface area contributed by atoms with Gasteiger partial charge in [-0.3, -0.25) is 9.78 Å². The molecule has 0 amide bonds. The van der Waals surface area contributed by atoms with Crippen molar-refractivity contribution in [2.75, 3.05) is 7.11 Å². The molecule has 1 aromatic carbocycles. The molecule has 7 heteroatoms. The maximum atomic E-state index is 12.2. The number of pyridine rings is 1. The molecular formula is C17H15N3O4. The molecule has 1 aliphatic carbocycles. The van der Waals surface area contributed by atoms with E-state index in [2.05, 4.69) is 15.0 Å². The van der Waals surface area contributed by atoms with Crippen molar-refractivity contribution in [2.45, 2.75) is 18.8 Å². The number of benzene rings is 1. The van der Waals surface area contributed by atoms with Gasteiger partial charge in [-0.15, -0.1) is 0 Å². The van der Waals surface area contributed by atoms with Crippen molar-refractivity contribution >= 4 is 11.0 Å². The smallest absolute Gasteiger partial charge is 0.326 e. The van der Waals surface area contributed by atoms with Crippen molar-refractivity contribution in [1.82, 2.24) is 15.0 Å². The lowest BCUT2D eigenvalue weighted by molar-refractivity contribution is 0.409. The van der Waals surface area contributed by atoms with Crippen LogP contribution in [0.1, 0.15) is 24.3 Å². The minimum atomic E-state index is -0.536. The van der Waals surface area contributed by atoms with Crippen molar-refractivity contribution in [3.05, 3.63) is 50.7 Å². The van der Waals surface area contributed by atoms with Crippen LogP contribution in [0.5, 0.6) is 11.5 Å². The number of phenols is 1. The van der Waals surface area contributed by atoms with Crippen LogP contribution in [0.2, 0.25) is 0 Å². The lowest BCUT2D eigenvalue weighted by atomic mass is 10.0. The third kappa shape index (κ3) is 2.34. The Labute approximate surface area is 136 Å². The Hall–Kier alpha value is -3.09. The molecule has 1 saturated carbocycles. The van der Waals surface area contributed by atoms with E-state index in [1.165, 1.54) is 19.2 Å². The SMILES string of the molecule is COc1cc(O)ccc1-c1cc(C2CC2)c2[nH]c(=O)[nH]c(=O)c2n1. The van der Waals surface area contributed by atoms with E-state index < -0.39 is 11.2 Å². The Morgan fingerprint density at radius 3 is 2.71 bits per heavy atom. The second kappa shape index (κ2) is 5.23. The topological polar surface area (TPSA) is 108 Å². The van der Waals surface area contributed by atoms with Gasteiger partial charge in [0.05, 0.1) is 18.3 Å². The number of nitrogens with zero attached hydrogens (tertiary/aromatic N) is 1. The number of rotatable bonds is 3. The zero-order valence-electron chi connectivity index (χ0n) is 12.9. The molecule has 2 heterocycles. The maximum Gasteiger partial charge on any atom is 0.326 e. The predicted molar refractivity (Wildman–Crippen MR) is 88.6 cm³/mol. The van der Waals surface area contributed by atoms with E-state index in [4.69, 9.17) is 4.74 Å². The molecular weight excluding hydrogens is 310 g/mol. The van der Waals surface area contributed by atoms with Crippen LogP contribution >= 0.6 is 0 Å². The second-order valence-corrected chi connectivity index (χ2v) is 5.89. The highest BCUT2D eigenvalue weighted by Crippen LogP contribution is 2.43. The standard InChI is InChI=1S/C17H15N3O4/c1-24-13-6-9(21)4-5-10(13)12-7-11(8-2-3-8)14-15(18-12)16(22)20-17(23)19-14/h4-8,21H,2-3H2,1H3,(H2,19,20,22,23). The molecule has 3 N–H and O–H groups in total. The molecule has 0 atom stereocenters. The monoisotopic (exact) mass is 325 g/mol. The van der Waals surface area contributed by atoms with Crippen LogP contribution in [0.15, 0.2) is 33.9 Å². The quantitative estimate of drug-likeness (QED) is 0.681. The van der Waals surface area contributed by atoms with Gasteiger partial charge in [0.1, 0.15) is 11.5 Å². The van der Waals surface area contributed by atoms with Crippen LogP contribution in [-0.2, 0) is 0 Å². The van der Waals surface area contributed by atoms with Crippen molar-refractivity contribution < 1.29 is 9.84 Å². The first-order valence-corrected chi connectivity index (χ1v) is 7.61. The van der Waals surface area contributed by atoms with Crippen molar-refractivity contribution in [1.29, 1.82) is 0 Å². The molecule has 7 nitrogen and oxygen atoms in total. The van der Waals surface area contributed by atoms with Crippen LogP contribution < -0.4 is 16.0 Å². The number of hydrogen-bond donors (Lipinski definition) is 3. The molecule has 24 heavy (non-hydrogen) atoms. The summed E-state index contributed by atoms with van der Waals surface area (Å²) in [5.74, 6) is 0.861. The molecule has 0 aliphatic heterocycles. The lowest BCUT2D eigenvalue weighted by Crippen LogP contribution is -2.23. The minimum absolute atomic E-state index is 0.0842. The summed E-state index contributed by atoms with van der Waals surface area (Å²) in [6.07, 6.45) is 2.03. The Morgan fingerprint density at radius 2 is 2.00 bits per heavy atom. The number of nitrogens with one attached hydrogen (secondary N) is 2. The highest BCUT2D eigenvalue weighted by atomic mass is 16.5. The number of aromatic amines is 2. The van der Waals surface area contributed by atoms with Gasteiger partial charge in [-0.2, -0.15) is 0 Å². The van der Waals surface area contributed by atoms with E-state index in [-0.39, 0.29) is 11.3 Å². The van der Waals surface area contributed by atoms with Crippen LogP contribution in [0.4, 0.5) is 0 Å². The molecule has 1 fully saturated rings. The fourth-order valence-corrected chi connectivity index (χ4v) is 2.91. The third-order valence-corrected chi connectivity index (χ3v) is 4.21. The first-order valence-electron chi connectivity index (χ1n) is 7.61. The summed E-state index contributed by atoms with van der Waals surface area (Å²) in [6, 6.07) is 6.61. The van der Waals surface area contributed by atoms with Crippen LogP contribution in [0.25, 0.3) is 22.3 Å². The third-order valence-electron chi connectivity index (χ3n) is 4.21. The Kier molecular flexibility index (Phi) is 3.16. The summed E-state index contributed by atoms with van der Waals surface area (Å²) in [5, 5.41) is 9.62. The first kappa shape index (κ1) is 14.5. The number of fused-ring (bicyclic) bond motifs is 1. The van der Waals surface area contributed by atoms with Gasteiger partial charge in [-0.25, -0.2) is 9.78 Å². The Morgan fingerprint density at radius 1 is 1.21 bits per heavy atom. The lowest BCUT2D eigenvalue weighted by Gasteiger charge is -2.11. The first-order chi connectivity index (χ1) is 11.6. The predicted octanol–water partition coefficient (Wildman–Crippen LogP) is 1.87. The van der Waals surface area contributed by atoms with Gasteiger partial charge < -0.3 is 14.8 Å². The Bertz CT molecular complexity index is 1060. The molecule has 4 rings (SSSR count). The van der Waals surface area contributed by atoms with Gasteiger partial charge in [0, 0.05) is 11.6 Å². The van der Waals surface area contributed by atoms with E-state index in [0.717, 1.165) is 18.4 Å². The second-order valence-electron chi connectivity index (χ2n) is 5.89. The summed E-state index contributed by atoms with van der Waals surface area (Å²) < 4.78 is 5.31. The molecule has 0 bridgehead atoms. The summed E-state index contributed by atoms with van der Waals surface area (Å²) >= 11 is 0. The van der Waals surface area contributed by atoms with E-state index >= 15 is 0 Å². The summed E-state index contributed by atoms with van der Waals surface area (Å²) in [6.45, 7) is 0. The molecule has 3 aromatic rings. The average molecular weight is 325 g/mol. The zero-order valence-corrected chi connectivity index (χ0v) is 12.9. The largest absolute Gasteiger partial charge is 0.508 e. The normalized spacial score (nSPS) is 14.0. The number of phenolic OH excluding ortho intramolecular Hbond substituents is 1. The number of ether oxygens (including phenoxy) is 1. The Balaban J connectivity index is 2.04. The van der Waals surface area contributed by atoms with Crippen molar-refractivity contribution in [3.63, 3.8) is 0 Å². The summed E-state index contributed by atoms with van der Waals surface area (Å²) in [5.41, 5.74) is 1.79. The van der Waals surface area contributed by atoms with Crippen molar-refractivity contribution in [3.8, 4) is 22.8 Å². The molecule has 122 valence electrons. The fourth-order valence-electron chi connectivity index (χ4n) is 2.91. The van der Waals surface area contributed by atoms with E-state index in [1.54, 1.807) is 6.07 Å². The van der Waals surface area contributed by atoms with Gasteiger partial charge in [-0.05, 0) is 42.5 Å². The van der Waals surface area contributed by atoms with Gasteiger partial charge >= 0.3 is 5.69 Å². The summed E-state index contributed by atoms with van der Waals surface area (Å²) in [7, 11) is 1.51. The van der Waals surface area contributed by atoms with Gasteiger partial charge in [0.25, 0.3) is 5.56 Å². The molecule has 1 aliphatic rings. The number of aromatic hydroxyl groups is 1. The van der Waals surface area contributed by atoms with E-state index in [1.807, 2.05) is 6.07 Å². The maximum absolute atomic E-state index is 12.2. The number of H-pyrrole nitrogens is 2. The van der Waals surface area contributed by atoms with Gasteiger partial charge in [-0.1, -0.05) is 0 Å². The highest BCUT2D eigenvalue weighted by molar-refractivity contribution is 5.83. The molecule has 2 aromatic heterocycles.